The SMILES string of the molecule is CSCCCCN(c1cc(Cl)ccc1CO)S(=O)c1ccc(C)cc1. The third kappa shape index (κ3) is 5.74. The fourth-order valence-electron chi connectivity index (χ4n) is 2.48. The number of aliphatic hydroxyl groups excluding tert-OH is 1. The number of nitrogens with zero attached hydrogens (tertiary/aromatic N) is 1. The number of anilines is 1. The first kappa shape index (κ1) is 20.3. The number of hydrogen-bond donors (Lipinski definition) is 1. The second-order valence-corrected chi connectivity index (χ2v) is 8.63. The van der Waals surface area contributed by atoms with Gasteiger partial charge in [-0.25, -0.2) is 4.21 Å². The van der Waals surface area contributed by atoms with Gasteiger partial charge >= 0.3 is 0 Å². The van der Waals surface area contributed by atoms with Gasteiger partial charge in [-0.1, -0.05) is 35.4 Å². The summed E-state index contributed by atoms with van der Waals surface area (Å²) in [6.07, 6.45) is 4.07. The summed E-state index contributed by atoms with van der Waals surface area (Å²) in [4.78, 5) is 0.749. The van der Waals surface area contributed by atoms with Gasteiger partial charge in [0.05, 0.1) is 17.2 Å². The number of aryl methyl sites for hydroxylation is 1. The molecule has 0 radical (unpaired) electrons. The van der Waals surface area contributed by atoms with E-state index in [0.29, 0.717) is 11.6 Å². The predicted molar refractivity (Wildman–Crippen MR) is 110 cm³/mol. The molecule has 0 saturated heterocycles. The van der Waals surface area contributed by atoms with E-state index in [1.54, 1.807) is 18.2 Å². The minimum atomic E-state index is -1.35. The van der Waals surface area contributed by atoms with Gasteiger partial charge in [-0.2, -0.15) is 11.8 Å². The van der Waals surface area contributed by atoms with E-state index in [1.807, 2.05) is 47.3 Å². The highest BCUT2D eigenvalue weighted by atomic mass is 35.5. The first-order valence-electron chi connectivity index (χ1n) is 8.21. The first-order valence-corrected chi connectivity index (χ1v) is 11.1. The van der Waals surface area contributed by atoms with E-state index < -0.39 is 11.0 Å². The quantitative estimate of drug-likeness (QED) is 0.617. The Balaban J connectivity index is 2.33. The lowest BCUT2D eigenvalue weighted by molar-refractivity contribution is 0.282. The highest BCUT2D eigenvalue weighted by molar-refractivity contribution is 7.98. The second kappa shape index (κ2) is 10.2. The van der Waals surface area contributed by atoms with Crippen LogP contribution >= 0.6 is 23.4 Å². The van der Waals surface area contributed by atoms with Crippen molar-refractivity contribution in [1.82, 2.24) is 0 Å². The standard InChI is InChI=1S/C19H24ClNO2S2/c1-15-5-9-18(10-6-15)25(23)21(11-3-4-12-24-2)19-13-17(20)8-7-16(19)14-22/h5-10,13,22H,3-4,11-12,14H2,1-2H3. The Bertz CT molecular complexity index is 707. The summed E-state index contributed by atoms with van der Waals surface area (Å²) in [5.74, 6) is 1.08. The Labute approximate surface area is 162 Å². The zero-order chi connectivity index (χ0) is 18.2. The molecule has 3 nitrogen and oxygen atoms in total. The van der Waals surface area contributed by atoms with Crippen molar-refractivity contribution in [2.24, 2.45) is 0 Å². The smallest absolute Gasteiger partial charge is 0.152 e. The molecule has 2 aromatic carbocycles. The summed E-state index contributed by atoms with van der Waals surface area (Å²) in [7, 11) is -1.35. The maximum atomic E-state index is 13.2. The van der Waals surface area contributed by atoms with Crippen molar-refractivity contribution >= 4 is 40.0 Å². The number of halogens is 1. The minimum Gasteiger partial charge on any atom is -0.392 e. The van der Waals surface area contributed by atoms with Crippen molar-refractivity contribution < 1.29 is 9.32 Å². The summed E-state index contributed by atoms with van der Waals surface area (Å²) in [5.41, 5.74) is 2.60. The lowest BCUT2D eigenvalue weighted by atomic mass is 10.2. The zero-order valence-electron chi connectivity index (χ0n) is 14.6. The number of hydrogen-bond acceptors (Lipinski definition) is 3. The largest absolute Gasteiger partial charge is 0.392 e. The van der Waals surface area contributed by atoms with E-state index in [0.717, 1.165) is 40.3 Å². The van der Waals surface area contributed by atoms with E-state index in [1.165, 1.54) is 0 Å². The molecule has 136 valence electrons. The van der Waals surface area contributed by atoms with Crippen LogP contribution in [-0.4, -0.2) is 27.9 Å². The highest BCUT2D eigenvalue weighted by Crippen LogP contribution is 2.29. The third-order valence-corrected chi connectivity index (χ3v) is 6.26. The molecule has 0 aliphatic heterocycles. The molecule has 0 aromatic heterocycles. The molecule has 1 unspecified atom stereocenters. The summed E-state index contributed by atoms with van der Waals surface area (Å²) in [5, 5.41) is 10.3. The third-order valence-electron chi connectivity index (χ3n) is 3.87. The Hall–Kier alpha value is -1.01. The van der Waals surface area contributed by atoms with Gasteiger partial charge in [-0.05, 0) is 56.0 Å². The molecule has 1 N–H and O–H groups in total. The van der Waals surface area contributed by atoms with Gasteiger partial charge in [0.2, 0.25) is 0 Å². The van der Waals surface area contributed by atoms with Crippen molar-refractivity contribution in [2.75, 3.05) is 22.9 Å². The van der Waals surface area contributed by atoms with Gasteiger partial charge in [0, 0.05) is 17.1 Å². The van der Waals surface area contributed by atoms with Crippen LogP contribution in [-0.2, 0) is 17.6 Å². The molecule has 0 aliphatic carbocycles. The zero-order valence-corrected chi connectivity index (χ0v) is 17.0. The lowest BCUT2D eigenvalue weighted by Crippen LogP contribution is -2.28. The molecular formula is C19H24ClNO2S2. The topological polar surface area (TPSA) is 40.5 Å². The van der Waals surface area contributed by atoms with Crippen LogP contribution in [0.1, 0.15) is 24.0 Å². The average molecular weight is 398 g/mol. The van der Waals surface area contributed by atoms with Gasteiger partial charge in [-0.3, -0.25) is 4.31 Å². The fraction of sp³-hybridized carbons (Fsp3) is 0.368. The molecule has 25 heavy (non-hydrogen) atoms. The Kier molecular flexibility index (Phi) is 8.30. The summed E-state index contributed by atoms with van der Waals surface area (Å²) in [6, 6.07) is 13.0. The number of unbranched alkanes of at least 4 members (excludes halogenated alkanes) is 1. The van der Waals surface area contributed by atoms with E-state index >= 15 is 0 Å². The first-order chi connectivity index (χ1) is 12.1. The van der Waals surface area contributed by atoms with Crippen molar-refractivity contribution in [2.45, 2.75) is 31.3 Å². The Morgan fingerprint density at radius 3 is 2.52 bits per heavy atom. The van der Waals surface area contributed by atoms with Crippen LogP contribution in [0.3, 0.4) is 0 Å². The van der Waals surface area contributed by atoms with E-state index in [4.69, 9.17) is 11.6 Å². The summed E-state index contributed by atoms with van der Waals surface area (Å²) < 4.78 is 15.1. The average Bonchev–Trinajstić information content (AvgIpc) is 2.62. The number of thioether (sulfide) groups is 1. The van der Waals surface area contributed by atoms with Gasteiger partial charge in [0.1, 0.15) is 0 Å². The van der Waals surface area contributed by atoms with Gasteiger partial charge < -0.3 is 5.11 Å². The molecule has 0 bridgehead atoms. The molecule has 0 amide bonds. The molecule has 2 aromatic rings. The lowest BCUT2D eigenvalue weighted by Gasteiger charge is -2.26. The second-order valence-electron chi connectivity index (χ2n) is 5.80. The van der Waals surface area contributed by atoms with Crippen LogP contribution in [0.25, 0.3) is 0 Å². The van der Waals surface area contributed by atoms with E-state index in [9.17, 15) is 9.32 Å². The van der Waals surface area contributed by atoms with E-state index in [-0.39, 0.29) is 6.61 Å². The minimum absolute atomic E-state index is 0.112. The molecule has 0 fully saturated rings. The van der Waals surface area contributed by atoms with Crippen LogP contribution in [0.4, 0.5) is 5.69 Å². The van der Waals surface area contributed by atoms with Crippen molar-refractivity contribution in [3.05, 3.63) is 58.6 Å². The summed E-state index contributed by atoms with van der Waals surface area (Å²) >= 11 is 7.97. The molecule has 1 atom stereocenters. The fourth-order valence-corrected chi connectivity index (χ4v) is 4.41. The Morgan fingerprint density at radius 1 is 1.16 bits per heavy atom. The maximum Gasteiger partial charge on any atom is 0.152 e. The van der Waals surface area contributed by atoms with Gasteiger partial charge in [0.25, 0.3) is 0 Å². The molecule has 0 spiro atoms. The Morgan fingerprint density at radius 2 is 1.88 bits per heavy atom. The maximum absolute atomic E-state index is 13.2. The molecule has 0 heterocycles. The normalized spacial score (nSPS) is 12.2. The van der Waals surface area contributed by atoms with Crippen LogP contribution in [0.5, 0.6) is 0 Å². The van der Waals surface area contributed by atoms with Gasteiger partial charge in [0.15, 0.2) is 11.0 Å². The highest BCUT2D eigenvalue weighted by Gasteiger charge is 2.19. The van der Waals surface area contributed by atoms with Crippen LogP contribution in [0, 0.1) is 6.92 Å². The van der Waals surface area contributed by atoms with Crippen LogP contribution < -0.4 is 4.31 Å². The van der Waals surface area contributed by atoms with Crippen molar-refractivity contribution in [3.63, 3.8) is 0 Å². The predicted octanol–water partition coefficient (Wildman–Crippen LogP) is 4.81. The number of benzene rings is 2. The summed E-state index contributed by atoms with van der Waals surface area (Å²) in [6.45, 7) is 2.54. The molecular weight excluding hydrogens is 374 g/mol. The van der Waals surface area contributed by atoms with Crippen molar-refractivity contribution in [1.29, 1.82) is 0 Å². The molecule has 0 saturated carbocycles. The van der Waals surface area contributed by atoms with Crippen LogP contribution in [0.2, 0.25) is 5.02 Å². The van der Waals surface area contributed by atoms with E-state index in [2.05, 4.69) is 6.26 Å². The van der Waals surface area contributed by atoms with Crippen molar-refractivity contribution in [3.8, 4) is 0 Å². The molecule has 6 heteroatoms. The number of aliphatic hydroxyl groups is 1. The number of rotatable bonds is 9. The van der Waals surface area contributed by atoms with Crippen LogP contribution in [0.15, 0.2) is 47.4 Å². The monoisotopic (exact) mass is 397 g/mol. The molecule has 2 rings (SSSR count). The van der Waals surface area contributed by atoms with Gasteiger partial charge in [-0.15, -0.1) is 0 Å². The molecule has 0 aliphatic rings.